The zero-order chi connectivity index (χ0) is 11.8. The largest absolute Gasteiger partial charge is 0.450 e. The van der Waals surface area contributed by atoms with Crippen molar-refractivity contribution in [3.05, 3.63) is 30.1 Å². The summed E-state index contributed by atoms with van der Waals surface area (Å²) in [6.45, 7) is 0. The van der Waals surface area contributed by atoms with Crippen LogP contribution in [0.1, 0.15) is 5.82 Å². The van der Waals surface area contributed by atoms with Crippen LogP contribution in [-0.2, 0) is 11.2 Å². The van der Waals surface area contributed by atoms with Gasteiger partial charge in [0.05, 0.1) is 17.5 Å². The van der Waals surface area contributed by atoms with Gasteiger partial charge in [0.2, 0.25) is 5.78 Å². The molecule has 1 heterocycles. The molecule has 0 aliphatic heterocycles. The van der Waals surface area contributed by atoms with Crippen molar-refractivity contribution >= 4 is 16.8 Å². The number of nitrogens with zero attached hydrogens (tertiary/aromatic N) is 1. The molecule has 0 unspecified atom stereocenters. The summed E-state index contributed by atoms with van der Waals surface area (Å²) in [4.78, 5) is 17.3. The number of para-hydroxylation sites is 2. The number of Topliss-reactive ketones (excluding diaryl/α,β-unsaturated/α-hetero) is 1. The molecule has 84 valence electrons. The van der Waals surface area contributed by atoms with Crippen molar-refractivity contribution in [3.63, 3.8) is 0 Å². The first-order valence-corrected chi connectivity index (χ1v) is 4.50. The molecule has 0 bridgehead atoms. The highest BCUT2D eigenvalue weighted by molar-refractivity contribution is 5.86. The first-order chi connectivity index (χ1) is 7.47. The summed E-state index contributed by atoms with van der Waals surface area (Å²) < 4.78 is 36.0. The molecule has 2 aromatic rings. The van der Waals surface area contributed by atoms with E-state index in [4.69, 9.17) is 0 Å². The molecule has 0 spiro atoms. The summed E-state index contributed by atoms with van der Waals surface area (Å²) in [6.07, 6.45) is -5.56. The van der Waals surface area contributed by atoms with E-state index in [2.05, 4.69) is 9.97 Å². The predicted molar refractivity (Wildman–Crippen MR) is 50.9 cm³/mol. The topological polar surface area (TPSA) is 45.8 Å². The highest BCUT2D eigenvalue weighted by Crippen LogP contribution is 2.19. The molecule has 1 N–H and O–H groups in total. The quantitative estimate of drug-likeness (QED) is 0.856. The van der Waals surface area contributed by atoms with Gasteiger partial charge in [0.25, 0.3) is 0 Å². The Hall–Kier alpha value is -1.85. The molecule has 2 rings (SSSR count). The Morgan fingerprint density at radius 3 is 2.62 bits per heavy atom. The number of benzene rings is 1. The Morgan fingerprint density at radius 1 is 1.31 bits per heavy atom. The average molecular weight is 228 g/mol. The zero-order valence-corrected chi connectivity index (χ0v) is 8.01. The van der Waals surface area contributed by atoms with Crippen LogP contribution in [0.3, 0.4) is 0 Å². The van der Waals surface area contributed by atoms with Gasteiger partial charge in [0, 0.05) is 0 Å². The summed E-state index contributed by atoms with van der Waals surface area (Å²) in [7, 11) is 0. The molecule has 0 radical (unpaired) electrons. The van der Waals surface area contributed by atoms with Crippen LogP contribution in [0.4, 0.5) is 13.2 Å². The number of rotatable bonds is 2. The maximum Gasteiger partial charge on any atom is 0.450 e. The Bertz CT molecular complexity index is 497. The maximum atomic E-state index is 12.0. The van der Waals surface area contributed by atoms with E-state index in [1.807, 2.05) is 0 Å². The summed E-state index contributed by atoms with van der Waals surface area (Å²) in [5.74, 6) is -1.77. The number of nitrogens with one attached hydrogen (secondary N) is 1. The number of carbonyl (C=O) groups excluding carboxylic acids is 1. The molecule has 3 nitrogen and oxygen atoms in total. The first kappa shape index (κ1) is 10.7. The van der Waals surface area contributed by atoms with Gasteiger partial charge >= 0.3 is 6.18 Å². The van der Waals surface area contributed by atoms with Crippen molar-refractivity contribution in [2.45, 2.75) is 12.6 Å². The molecular weight excluding hydrogens is 221 g/mol. The van der Waals surface area contributed by atoms with Gasteiger partial charge in [0.1, 0.15) is 5.82 Å². The fourth-order valence-electron chi connectivity index (χ4n) is 1.34. The van der Waals surface area contributed by atoms with Gasteiger partial charge in [-0.25, -0.2) is 4.98 Å². The van der Waals surface area contributed by atoms with E-state index in [-0.39, 0.29) is 5.82 Å². The van der Waals surface area contributed by atoms with Crippen LogP contribution in [-0.4, -0.2) is 21.9 Å². The number of hydrogen-bond acceptors (Lipinski definition) is 2. The molecule has 0 saturated heterocycles. The summed E-state index contributed by atoms with van der Waals surface area (Å²) in [5, 5.41) is 0. The molecule has 1 aromatic carbocycles. The van der Waals surface area contributed by atoms with Crippen molar-refractivity contribution < 1.29 is 18.0 Å². The second-order valence-corrected chi connectivity index (χ2v) is 3.30. The molecular formula is C10H7F3N2O. The lowest BCUT2D eigenvalue weighted by atomic mass is 10.3. The third kappa shape index (κ3) is 2.05. The Balaban J connectivity index is 2.25. The normalized spacial score (nSPS) is 11.9. The Kier molecular flexibility index (Phi) is 2.41. The molecule has 0 fully saturated rings. The number of hydrogen-bond donors (Lipinski definition) is 1. The molecule has 0 atom stereocenters. The molecule has 0 aliphatic rings. The minimum Gasteiger partial charge on any atom is -0.342 e. The fraction of sp³-hybridized carbons (Fsp3) is 0.200. The number of ketones is 1. The van der Waals surface area contributed by atoms with Crippen molar-refractivity contribution in [2.24, 2.45) is 0 Å². The van der Waals surface area contributed by atoms with Gasteiger partial charge in [-0.1, -0.05) is 12.1 Å². The number of fused-ring (bicyclic) bond motifs is 1. The smallest absolute Gasteiger partial charge is 0.342 e. The van der Waals surface area contributed by atoms with Crippen LogP contribution >= 0.6 is 0 Å². The molecule has 0 aliphatic carbocycles. The second kappa shape index (κ2) is 3.62. The van der Waals surface area contributed by atoms with Crippen LogP contribution in [0.5, 0.6) is 0 Å². The number of imidazole rings is 1. The number of aromatic amines is 1. The van der Waals surface area contributed by atoms with E-state index in [1.54, 1.807) is 24.3 Å². The lowest BCUT2D eigenvalue weighted by molar-refractivity contribution is -0.170. The second-order valence-electron chi connectivity index (χ2n) is 3.30. The van der Waals surface area contributed by atoms with E-state index in [0.29, 0.717) is 11.0 Å². The SMILES string of the molecule is O=C(Cc1nc2ccccc2[nH]1)C(F)(F)F. The third-order valence-corrected chi connectivity index (χ3v) is 2.08. The van der Waals surface area contributed by atoms with Crippen molar-refractivity contribution in [3.8, 4) is 0 Å². The number of carbonyl (C=O) groups is 1. The fourth-order valence-corrected chi connectivity index (χ4v) is 1.34. The van der Waals surface area contributed by atoms with Crippen LogP contribution in [0.25, 0.3) is 11.0 Å². The van der Waals surface area contributed by atoms with E-state index >= 15 is 0 Å². The molecule has 0 amide bonds. The van der Waals surface area contributed by atoms with Gasteiger partial charge in [-0.15, -0.1) is 0 Å². The minimum atomic E-state index is -4.81. The van der Waals surface area contributed by atoms with Crippen molar-refractivity contribution in [2.75, 3.05) is 0 Å². The third-order valence-electron chi connectivity index (χ3n) is 2.08. The van der Waals surface area contributed by atoms with Gasteiger partial charge in [-0.3, -0.25) is 4.79 Å². The number of aromatic nitrogens is 2. The maximum absolute atomic E-state index is 12.0. The predicted octanol–water partition coefficient (Wildman–Crippen LogP) is 2.24. The molecule has 0 saturated carbocycles. The number of H-pyrrole nitrogens is 1. The van der Waals surface area contributed by atoms with Crippen molar-refractivity contribution in [1.29, 1.82) is 0 Å². The highest BCUT2D eigenvalue weighted by Gasteiger charge is 2.38. The van der Waals surface area contributed by atoms with Gasteiger partial charge in [-0.05, 0) is 12.1 Å². The van der Waals surface area contributed by atoms with Crippen molar-refractivity contribution in [1.82, 2.24) is 9.97 Å². The number of halogens is 3. The minimum absolute atomic E-state index is 0.0310. The van der Waals surface area contributed by atoms with E-state index < -0.39 is 18.4 Å². The van der Waals surface area contributed by atoms with E-state index in [0.717, 1.165) is 0 Å². The van der Waals surface area contributed by atoms with Crippen LogP contribution in [0, 0.1) is 0 Å². The average Bonchev–Trinajstić information content (AvgIpc) is 2.58. The molecule has 16 heavy (non-hydrogen) atoms. The summed E-state index contributed by atoms with van der Waals surface area (Å²) in [6, 6.07) is 6.80. The van der Waals surface area contributed by atoms with E-state index in [9.17, 15) is 18.0 Å². The summed E-state index contributed by atoms with van der Waals surface area (Å²) >= 11 is 0. The molecule has 1 aromatic heterocycles. The van der Waals surface area contributed by atoms with Crippen LogP contribution < -0.4 is 0 Å². The lowest BCUT2D eigenvalue weighted by Gasteiger charge is -2.01. The first-order valence-electron chi connectivity index (χ1n) is 4.50. The Labute approximate surface area is 88.3 Å². The van der Waals surface area contributed by atoms with Gasteiger partial charge in [-0.2, -0.15) is 13.2 Å². The van der Waals surface area contributed by atoms with Crippen LogP contribution in [0.2, 0.25) is 0 Å². The van der Waals surface area contributed by atoms with E-state index in [1.165, 1.54) is 0 Å². The lowest BCUT2D eigenvalue weighted by Crippen LogP contribution is -2.24. The van der Waals surface area contributed by atoms with Gasteiger partial charge < -0.3 is 4.98 Å². The Morgan fingerprint density at radius 2 is 2.00 bits per heavy atom. The molecule has 6 heteroatoms. The van der Waals surface area contributed by atoms with Gasteiger partial charge in [0.15, 0.2) is 0 Å². The standard InChI is InChI=1S/C10H7F3N2O/c11-10(12,13)8(16)5-9-14-6-3-1-2-4-7(6)15-9/h1-4H,5H2,(H,14,15). The highest BCUT2D eigenvalue weighted by atomic mass is 19.4. The number of alkyl halides is 3. The van der Waals surface area contributed by atoms with Crippen LogP contribution in [0.15, 0.2) is 24.3 Å². The zero-order valence-electron chi connectivity index (χ0n) is 8.01. The monoisotopic (exact) mass is 228 g/mol. The summed E-state index contributed by atoms with van der Waals surface area (Å²) in [5.41, 5.74) is 1.17.